The summed E-state index contributed by atoms with van der Waals surface area (Å²) < 4.78 is 40.5. The number of halogens is 2. The molecule has 2 N–H and O–H groups in total. The predicted molar refractivity (Wildman–Crippen MR) is 109 cm³/mol. The number of amides is 1. The van der Waals surface area contributed by atoms with Crippen molar-refractivity contribution in [3.8, 4) is 11.5 Å². The highest BCUT2D eigenvalue weighted by molar-refractivity contribution is 5.97. The van der Waals surface area contributed by atoms with Crippen molar-refractivity contribution in [3.63, 3.8) is 0 Å². The highest BCUT2D eigenvalue weighted by atomic mass is 19.3. The lowest BCUT2D eigenvalue weighted by molar-refractivity contribution is -0.286. The van der Waals surface area contributed by atoms with Crippen LogP contribution in [-0.2, 0) is 20.7 Å². The van der Waals surface area contributed by atoms with Crippen molar-refractivity contribution in [2.45, 2.75) is 45.0 Å². The van der Waals surface area contributed by atoms with Crippen LogP contribution in [0.1, 0.15) is 31.0 Å². The smallest absolute Gasteiger partial charge is 0.464 e. The third-order valence-electron chi connectivity index (χ3n) is 5.57. The summed E-state index contributed by atoms with van der Waals surface area (Å²) in [6.45, 7) is 3.44. The minimum atomic E-state index is -3.74. The van der Waals surface area contributed by atoms with Crippen LogP contribution >= 0.6 is 0 Å². The number of aliphatic hydroxyl groups excluding tert-OH is 1. The van der Waals surface area contributed by atoms with E-state index in [1.165, 1.54) is 18.2 Å². The number of aromatic nitrogens is 1. The molecular weight excluding hydrogens is 440 g/mol. The first-order chi connectivity index (χ1) is 15.7. The number of ether oxygens (including phenoxy) is 3. The Kier molecular flexibility index (Phi) is 6.17. The van der Waals surface area contributed by atoms with Gasteiger partial charge in [0.05, 0.1) is 12.5 Å². The fourth-order valence-corrected chi connectivity index (χ4v) is 3.96. The van der Waals surface area contributed by atoms with E-state index < -0.39 is 42.5 Å². The van der Waals surface area contributed by atoms with Gasteiger partial charge in [0, 0.05) is 18.4 Å². The molecule has 0 radical (unpaired) electrons. The van der Waals surface area contributed by atoms with E-state index in [4.69, 9.17) is 4.74 Å². The van der Waals surface area contributed by atoms with Crippen molar-refractivity contribution in [3.05, 3.63) is 53.9 Å². The van der Waals surface area contributed by atoms with E-state index in [-0.39, 0.29) is 18.1 Å². The Labute approximate surface area is 188 Å². The van der Waals surface area contributed by atoms with Gasteiger partial charge in [-0.3, -0.25) is 20.0 Å². The number of nitrogens with one attached hydrogen (secondary N) is 1. The highest BCUT2D eigenvalue weighted by Crippen LogP contribution is 2.42. The average molecular weight is 463 g/mol. The fourth-order valence-electron chi connectivity index (χ4n) is 3.96. The van der Waals surface area contributed by atoms with Crippen LogP contribution < -0.4 is 14.8 Å². The monoisotopic (exact) mass is 463 g/mol. The van der Waals surface area contributed by atoms with E-state index in [2.05, 4.69) is 19.8 Å². The number of benzene rings is 1. The number of hydrogen-bond acceptors (Lipinski definition) is 8. The van der Waals surface area contributed by atoms with Gasteiger partial charge in [-0.15, -0.1) is 8.78 Å². The summed E-state index contributed by atoms with van der Waals surface area (Å²) in [5.74, 6) is -1.96. The minimum absolute atomic E-state index is 0.101. The summed E-state index contributed by atoms with van der Waals surface area (Å²) in [7, 11) is 0. The standard InChI is InChI=1S/C22H23F2N3O6/c1-3-31-20(29)18-15(10-13-6-8-25-9-7-13)19(28)27(18)21(30)26-12(2)14-4-5-16-17(11-14)33-22(23,24)32-16/h4-9,11-12,15,18,21,26,30H,3,10H2,1-2H3/t12?,15-,18?,21?/m1/s1. The number of esters is 1. The molecule has 33 heavy (non-hydrogen) atoms. The molecule has 4 rings (SSSR count). The van der Waals surface area contributed by atoms with E-state index in [1.54, 1.807) is 38.4 Å². The zero-order chi connectivity index (χ0) is 23.8. The van der Waals surface area contributed by atoms with Crippen LogP contribution in [0.3, 0.4) is 0 Å². The summed E-state index contributed by atoms with van der Waals surface area (Å²) in [6.07, 6.45) is -1.77. The quantitative estimate of drug-likeness (QED) is 0.347. The van der Waals surface area contributed by atoms with Crippen LogP contribution in [0.5, 0.6) is 11.5 Å². The maximum absolute atomic E-state index is 13.3. The molecule has 0 spiro atoms. The number of aliphatic hydroxyl groups is 1. The maximum atomic E-state index is 13.3. The lowest BCUT2D eigenvalue weighted by atomic mass is 9.82. The molecule has 0 aliphatic carbocycles. The second kappa shape index (κ2) is 8.91. The number of nitrogens with zero attached hydrogens (tertiary/aromatic N) is 2. The topological polar surface area (TPSA) is 110 Å². The van der Waals surface area contributed by atoms with Crippen molar-refractivity contribution in [2.75, 3.05) is 6.61 Å². The zero-order valence-corrected chi connectivity index (χ0v) is 17.9. The number of carbonyl (C=O) groups excluding carboxylic acids is 2. The number of hydrogen-bond donors (Lipinski definition) is 2. The maximum Gasteiger partial charge on any atom is 0.586 e. The van der Waals surface area contributed by atoms with Crippen molar-refractivity contribution < 1.29 is 37.7 Å². The van der Waals surface area contributed by atoms with Crippen LogP contribution in [0.25, 0.3) is 0 Å². The van der Waals surface area contributed by atoms with E-state index in [1.807, 2.05) is 0 Å². The summed E-state index contributed by atoms with van der Waals surface area (Å²) in [5.41, 5.74) is 1.33. The van der Waals surface area contributed by atoms with Gasteiger partial charge in [-0.05, 0) is 55.7 Å². The van der Waals surface area contributed by atoms with Crippen LogP contribution in [-0.4, -0.2) is 52.2 Å². The molecule has 3 heterocycles. The number of likely N-dealkylation sites (tertiary alicyclic amines) is 1. The molecule has 1 aromatic heterocycles. The van der Waals surface area contributed by atoms with Gasteiger partial charge in [-0.2, -0.15) is 0 Å². The van der Waals surface area contributed by atoms with Gasteiger partial charge in [0.2, 0.25) is 5.91 Å². The number of β-lactam (4-membered cyclic amide) rings is 1. The van der Waals surface area contributed by atoms with Crippen molar-refractivity contribution in [1.29, 1.82) is 0 Å². The number of carbonyl (C=O) groups is 2. The zero-order valence-electron chi connectivity index (χ0n) is 17.9. The first kappa shape index (κ1) is 22.9. The first-order valence-corrected chi connectivity index (χ1v) is 10.4. The molecule has 1 fully saturated rings. The molecule has 0 saturated carbocycles. The molecule has 9 nitrogen and oxygen atoms in total. The molecule has 4 atom stereocenters. The average Bonchev–Trinajstić information content (AvgIpc) is 3.09. The van der Waals surface area contributed by atoms with Crippen molar-refractivity contribution in [1.82, 2.24) is 15.2 Å². The molecule has 0 bridgehead atoms. The Balaban J connectivity index is 1.46. The first-order valence-electron chi connectivity index (χ1n) is 10.4. The van der Waals surface area contributed by atoms with E-state index in [9.17, 15) is 23.5 Å². The Hall–Kier alpha value is -3.31. The molecule has 2 aromatic rings. The third-order valence-corrected chi connectivity index (χ3v) is 5.57. The van der Waals surface area contributed by atoms with E-state index >= 15 is 0 Å². The molecular formula is C22H23F2N3O6. The minimum Gasteiger partial charge on any atom is -0.464 e. The number of pyridine rings is 1. The van der Waals surface area contributed by atoms with Crippen molar-refractivity contribution >= 4 is 11.9 Å². The summed E-state index contributed by atoms with van der Waals surface area (Å²) >= 11 is 0. The van der Waals surface area contributed by atoms with Gasteiger partial charge in [0.15, 0.2) is 17.9 Å². The normalized spacial score (nSPS) is 22.5. The molecule has 11 heteroatoms. The number of fused-ring (bicyclic) bond motifs is 1. The molecule has 2 aliphatic rings. The van der Waals surface area contributed by atoms with Crippen molar-refractivity contribution in [2.24, 2.45) is 5.92 Å². The summed E-state index contributed by atoms with van der Waals surface area (Å²) in [5, 5.41) is 13.5. The van der Waals surface area contributed by atoms with Gasteiger partial charge in [0.25, 0.3) is 0 Å². The van der Waals surface area contributed by atoms with Crippen LogP contribution in [0.15, 0.2) is 42.7 Å². The number of rotatable bonds is 8. The van der Waals surface area contributed by atoms with E-state index in [0.717, 1.165) is 10.5 Å². The molecule has 1 aromatic carbocycles. The molecule has 176 valence electrons. The second-order valence-corrected chi connectivity index (χ2v) is 7.74. The molecule has 3 unspecified atom stereocenters. The van der Waals surface area contributed by atoms with Crippen LogP contribution in [0.4, 0.5) is 8.78 Å². The highest BCUT2D eigenvalue weighted by Gasteiger charge is 2.54. The Morgan fingerprint density at radius 2 is 1.97 bits per heavy atom. The summed E-state index contributed by atoms with van der Waals surface area (Å²) in [4.78, 5) is 30.4. The van der Waals surface area contributed by atoms with Gasteiger partial charge >= 0.3 is 12.3 Å². The van der Waals surface area contributed by atoms with Gasteiger partial charge in [-0.25, -0.2) is 4.79 Å². The molecule has 1 saturated heterocycles. The van der Waals surface area contributed by atoms with Gasteiger partial charge < -0.3 is 19.3 Å². The Bertz CT molecular complexity index is 1040. The molecule has 2 aliphatic heterocycles. The fraction of sp³-hybridized carbons (Fsp3) is 0.409. The van der Waals surface area contributed by atoms with Gasteiger partial charge in [0.1, 0.15) is 6.04 Å². The molecule has 1 amide bonds. The van der Waals surface area contributed by atoms with Gasteiger partial charge in [-0.1, -0.05) is 6.07 Å². The summed E-state index contributed by atoms with van der Waals surface area (Å²) in [6, 6.07) is 6.15. The lowest BCUT2D eigenvalue weighted by Gasteiger charge is -2.48. The third kappa shape index (κ3) is 4.60. The lowest BCUT2D eigenvalue weighted by Crippen LogP contribution is -2.70. The van der Waals surface area contributed by atoms with Crippen LogP contribution in [0.2, 0.25) is 0 Å². The Morgan fingerprint density at radius 3 is 2.67 bits per heavy atom. The van der Waals surface area contributed by atoms with Crippen LogP contribution in [0, 0.1) is 5.92 Å². The second-order valence-electron chi connectivity index (χ2n) is 7.74. The Morgan fingerprint density at radius 1 is 1.27 bits per heavy atom. The SMILES string of the molecule is CCOC(=O)C1[C@@H](Cc2ccncc2)C(=O)N1C(O)NC(C)c1ccc2c(c1)OC(F)(F)O2. The van der Waals surface area contributed by atoms with E-state index in [0.29, 0.717) is 12.0 Å². The predicted octanol–water partition coefficient (Wildman–Crippen LogP) is 1.96. The largest absolute Gasteiger partial charge is 0.586 e. The number of alkyl halides is 2.